The first kappa shape index (κ1) is 10.9. The van der Waals surface area contributed by atoms with Crippen LogP contribution >= 0.6 is 11.6 Å². The van der Waals surface area contributed by atoms with Crippen LogP contribution < -0.4 is 0 Å². The Balaban J connectivity index is 2.10. The highest BCUT2D eigenvalue weighted by atomic mass is 35.5. The quantitative estimate of drug-likeness (QED) is 0.673. The first-order valence-electron chi connectivity index (χ1n) is 6.19. The second-order valence-electron chi connectivity index (χ2n) is 4.73. The number of halogens is 1. The summed E-state index contributed by atoms with van der Waals surface area (Å²) < 4.78 is 0. The molecule has 1 aliphatic carbocycles. The van der Waals surface area contributed by atoms with Crippen molar-refractivity contribution in [3.05, 3.63) is 59.1 Å². The maximum absolute atomic E-state index is 6.13. The van der Waals surface area contributed by atoms with E-state index < -0.39 is 0 Å². The third-order valence-electron chi connectivity index (χ3n) is 3.65. The second kappa shape index (κ2) is 4.54. The molecule has 0 radical (unpaired) electrons. The highest BCUT2D eigenvalue weighted by Gasteiger charge is 2.22. The summed E-state index contributed by atoms with van der Waals surface area (Å²) in [5.74, 6) is 0.738. The Morgan fingerprint density at radius 1 is 0.941 bits per heavy atom. The standard InChI is InChI=1S/C16H15Cl/c17-14-9-10-15(12-7-4-8-12)16(11-14)13-5-2-1-3-6-13/h1-3,5-6,9-12H,4,7-8H2. The first-order valence-corrected chi connectivity index (χ1v) is 6.57. The fraction of sp³-hybridized carbons (Fsp3) is 0.250. The molecule has 0 amide bonds. The zero-order valence-corrected chi connectivity index (χ0v) is 10.5. The topological polar surface area (TPSA) is 0 Å². The van der Waals surface area contributed by atoms with Gasteiger partial charge in [-0.05, 0) is 47.6 Å². The molecule has 0 aliphatic heterocycles. The molecule has 0 nitrogen and oxygen atoms in total. The summed E-state index contributed by atoms with van der Waals surface area (Å²) in [6, 6.07) is 16.9. The minimum atomic E-state index is 0.738. The number of hydrogen-bond acceptors (Lipinski definition) is 0. The van der Waals surface area contributed by atoms with Gasteiger partial charge in [-0.1, -0.05) is 54.4 Å². The fourth-order valence-corrected chi connectivity index (χ4v) is 2.64. The Morgan fingerprint density at radius 2 is 1.71 bits per heavy atom. The van der Waals surface area contributed by atoms with Crippen LogP contribution in [0.4, 0.5) is 0 Å². The number of rotatable bonds is 2. The van der Waals surface area contributed by atoms with Gasteiger partial charge in [0.1, 0.15) is 0 Å². The Kier molecular flexibility index (Phi) is 2.90. The van der Waals surface area contributed by atoms with Crippen molar-refractivity contribution in [2.45, 2.75) is 25.2 Å². The monoisotopic (exact) mass is 242 g/mol. The molecule has 0 spiro atoms. The minimum Gasteiger partial charge on any atom is -0.0843 e. The molecule has 0 unspecified atom stereocenters. The van der Waals surface area contributed by atoms with Gasteiger partial charge in [0.05, 0.1) is 0 Å². The number of benzene rings is 2. The molecule has 1 heteroatoms. The van der Waals surface area contributed by atoms with Crippen molar-refractivity contribution in [3.8, 4) is 11.1 Å². The van der Waals surface area contributed by atoms with Gasteiger partial charge in [0.25, 0.3) is 0 Å². The molecule has 0 aromatic heterocycles. The van der Waals surface area contributed by atoms with E-state index in [9.17, 15) is 0 Å². The summed E-state index contributed by atoms with van der Waals surface area (Å²) in [6.45, 7) is 0. The summed E-state index contributed by atoms with van der Waals surface area (Å²) in [7, 11) is 0. The lowest BCUT2D eigenvalue weighted by atomic mass is 9.77. The molecule has 1 aliphatic rings. The minimum absolute atomic E-state index is 0.738. The van der Waals surface area contributed by atoms with E-state index in [4.69, 9.17) is 11.6 Å². The maximum Gasteiger partial charge on any atom is 0.0412 e. The Hall–Kier alpha value is -1.27. The van der Waals surface area contributed by atoms with E-state index in [1.807, 2.05) is 6.07 Å². The second-order valence-corrected chi connectivity index (χ2v) is 5.16. The van der Waals surface area contributed by atoms with E-state index in [0.29, 0.717) is 0 Å². The van der Waals surface area contributed by atoms with Crippen LogP contribution in [0.25, 0.3) is 11.1 Å². The van der Waals surface area contributed by atoms with Crippen molar-refractivity contribution in [2.24, 2.45) is 0 Å². The van der Waals surface area contributed by atoms with Crippen LogP contribution in [0.3, 0.4) is 0 Å². The van der Waals surface area contributed by atoms with Crippen LogP contribution in [0.1, 0.15) is 30.7 Å². The van der Waals surface area contributed by atoms with Gasteiger partial charge in [-0.25, -0.2) is 0 Å². The molecular formula is C16H15Cl. The third-order valence-corrected chi connectivity index (χ3v) is 3.88. The molecule has 3 rings (SSSR count). The molecule has 0 heterocycles. The van der Waals surface area contributed by atoms with Crippen LogP contribution in [-0.4, -0.2) is 0 Å². The van der Waals surface area contributed by atoms with Crippen molar-refractivity contribution >= 4 is 11.6 Å². The van der Waals surface area contributed by atoms with Gasteiger partial charge in [-0.15, -0.1) is 0 Å². The Morgan fingerprint density at radius 3 is 2.35 bits per heavy atom. The van der Waals surface area contributed by atoms with Gasteiger partial charge in [-0.3, -0.25) is 0 Å². The van der Waals surface area contributed by atoms with Crippen LogP contribution in [0.5, 0.6) is 0 Å². The molecule has 0 N–H and O–H groups in total. The Labute approximate surface area is 107 Å². The van der Waals surface area contributed by atoms with Crippen molar-refractivity contribution < 1.29 is 0 Å². The van der Waals surface area contributed by atoms with Crippen LogP contribution in [0.2, 0.25) is 5.02 Å². The van der Waals surface area contributed by atoms with Crippen molar-refractivity contribution in [2.75, 3.05) is 0 Å². The third kappa shape index (κ3) is 2.10. The highest BCUT2D eigenvalue weighted by Crippen LogP contribution is 2.41. The van der Waals surface area contributed by atoms with Gasteiger partial charge in [-0.2, -0.15) is 0 Å². The largest absolute Gasteiger partial charge is 0.0843 e. The molecule has 1 fully saturated rings. The van der Waals surface area contributed by atoms with E-state index in [-0.39, 0.29) is 0 Å². The summed E-state index contributed by atoms with van der Waals surface area (Å²) in [6.07, 6.45) is 4.00. The zero-order chi connectivity index (χ0) is 11.7. The van der Waals surface area contributed by atoms with E-state index >= 15 is 0 Å². The van der Waals surface area contributed by atoms with Crippen LogP contribution in [-0.2, 0) is 0 Å². The molecule has 0 atom stereocenters. The highest BCUT2D eigenvalue weighted by molar-refractivity contribution is 6.30. The van der Waals surface area contributed by atoms with Gasteiger partial charge >= 0.3 is 0 Å². The average Bonchev–Trinajstić information content (AvgIpc) is 2.30. The Bertz CT molecular complexity index is 512. The van der Waals surface area contributed by atoms with E-state index in [2.05, 4.69) is 42.5 Å². The van der Waals surface area contributed by atoms with Crippen molar-refractivity contribution in [1.82, 2.24) is 0 Å². The summed E-state index contributed by atoms with van der Waals surface area (Å²) in [5, 5.41) is 0.826. The van der Waals surface area contributed by atoms with E-state index in [1.54, 1.807) is 0 Å². The predicted octanol–water partition coefficient (Wildman–Crippen LogP) is 5.27. The van der Waals surface area contributed by atoms with Gasteiger partial charge in [0.2, 0.25) is 0 Å². The molecule has 0 saturated heterocycles. The van der Waals surface area contributed by atoms with Crippen molar-refractivity contribution in [1.29, 1.82) is 0 Å². The van der Waals surface area contributed by atoms with Crippen molar-refractivity contribution in [3.63, 3.8) is 0 Å². The molecule has 17 heavy (non-hydrogen) atoms. The van der Waals surface area contributed by atoms with E-state index in [0.717, 1.165) is 10.9 Å². The SMILES string of the molecule is Clc1ccc(C2CCC2)c(-c2ccccc2)c1. The zero-order valence-electron chi connectivity index (χ0n) is 9.70. The smallest absolute Gasteiger partial charge is 0.0412 e. The van der Waals surface area contributed by atoms with Gasteiger partial charge < -0.3 is 0 Å². The first-order chi connectivity index (χ1) is 8.34. The molecule has 2 aromatic carbocycles. The molecular weight excluding hydrogens is 228 g/mol. The lowest BCUT2D eigenvalue weighted by Gasteiger charge is -2.28. The average molecular weight is 243 g/mol. The molecule has 1 saturated carbocycles. The lowest BCUT2D eigenvalue weighted by molar-refractivity contribution is 0.420. The van der Waals surface area contributed by atoms with Crippen LogP contribution in [0.15, 0.2) is 48.5 Å². The maximum atomic E-state index is 6.13. The van der Waals surface area contributed by atoms with Gasteiger partial charge in [0.15, 0.2) is 0 Å². The summed E-state index contributed by atoms with van der Waals surface area (Å²) in [5.41, 5.74) is 4.05. The molecule has 0 bridgehead atoms. The fourth-order valence-electron chi connectivity index (χ4n) is 2.47. The summed E-state index contributed by atoms with van der Waals surface area (Å²) in [4.78, 5) is 0. The molecule has 2 aromatic rings. The van der Waals surface area contributed by atoms with Crippen LogP contribution in [0, 0.1) is 0 Å². The van der Waals surface area contributed by atoms with E-state index in [1.165, 1.54) is 36.0 Å². The normalized spacial score (nSPS) is 15.6. The lowest BCUT2D eigenvalue weighted by Crippen LogP contribution is -2.09. The van der Waals surface area contributed by atoms with Gasteiger partial charge in [0, 0.05) is 5.02 Å². The molecule has 86 valence electrons. The predicted molar refractivity (Wildman–Crippen MR) is 73.5 cm³/mol. The summed E-state index contributed by atoms with van der Waals surface area (Å²) >= 11 is 6.13. The number of hydrogen-bond donors (Lipinski definition) is 0.